The Morgan fingerprint density at radius 1 is 0.286 bits per heavy atom. The highest BCUT2D eigenvalue weighted by molar-refractivity contribution is 6.05. The van der Waals surface area contributed by atoms with Crippen LogP contribution < -0.4 is 0 Å². The molecule has 0 N–H and O–H groups in total. The smallest absolute Gasteiger partial charge is 0.160 e. The minimum absolute atomic E-state index is 0.655. The first-order valence-electron chi connectivity index (χ1n) is 16.5. The van der Waals surface area contributed by atoms with Gasteiger partial charge in [-0.2, -0.15) is 0 Å². The molecule has 9 rings (SSSR count). The topological polar surface area (TPSA) is 38.9 Å². The lowest BCUT2D eigenvalue weighted by Crippen LogP contribution is -1.96. The third-order valence-corrected chi connectivity index (χ3v) is 9.16. The van der Waals surface area contributed by atoms with Crippen molar-refractivity contribution < 1.29 is 4.42 Å². The van der Waals surface area contributed by atoms with E-state index in [1.54, 1.807) is 0 Å². The average Bonchev–Trinajstić information content (AvgIpc) is 3.57. The van der Waals surface area contributed by atoms with E-state index in [0.717, 1.165) is 55.6 Å². The highest BCUT2D eigenvalue weighted by atomic mass is 16.3. The number of hydrogen-bond donors (Lipinski definition) is 0. The summed E-state index contributed by atoms with van der Waals surface area (Å²) in [6.07, 6.45) is 0. The second-order valence-corrected chi connectivity index (χ2v) is 12.2. The van der Waals surface area contributed by atoms with Crippen LogP contribution in [0.15, 0.2) is 186 Å². The molecule has 0 radical (unpaired) electrons. The van der Waals surface area contributed by atoms with Crippen molar-refractivity contribution in [2.24, 2.45) is 0 Å². The van der Waals surface area contributed by atoms with Crippen molar-refractivity contribution in [1.29, 1.82) is 0 Å². The highest BCUT2D eigenvalue weighted by Crippen LogP contribution is 2.34. The molecule has 230 valence electrons. The van der Waals surface area contributed by atoms with Crippen molar-refractivity contribution in [3.63, 3.8) is 0 Å². The van der Waals surface area contributed by atoms with Gasteiger partial charge in [-0.15, -0.1) is 0 Å². The lowest BCUT2D eigenvalue weighted by atomic mass is 9.98. The molecule has 0 unspecified atom stereocenters. The van der Waals surface area contributed by atoms with E-state index in [4.69, 9.17) is 14.4 Å². The summed E-state index contributed by atoms with van der Waals surface area (Å²) in [5.41, 5.74) is 13.5. The monoisotopic (exact) mass is 626 g/mol. The van der Waals surface area contributed by atoms with Gasteiger partial charge in [0.2, 0.25) is 0 Å². The van der Waals surface area contributed by atoms with Gasteiger partial charge in [0.1, 0.15) is 11.2 Å². The number of rotatable bonds is 6. The highest BCUT2D eigenvalue weighted by Gasteiger charge is 2.14. The maximum absolute atomic E-state index is 6.23. The SMILES string of the molecule is c1ccc(-c2ccc(-c3ccc(-c4cc(-c5ccc(-c6ccccc6)cc5)nc(-c5ccc6c(c5)oc5ccccc56)n4)cc3)cc2)cc1. The molecule has 7 aromatic carbocycles. The van der Waals surface area contributed by atoms with Gasteiger partial charge in [0.15, 0.2) is 5.82 Å². The molecule has 2 aromatic heterocycles. The van der Waals surface area contributed by atoms with Gasteiger partial charge in [-0.3, -0.25) is 0 Å². The van der Waals surface area contributed by atoms with E-state index in [-0.39, 0.29) is 0 Å². The van der Waals surface area contributed by atoms with Crippen LogP contribution in [0.5, 0.6) is 0 Å². The maximum atomic E-state index is 6.23. The predicted octanol–water partition coefficient (Wildman–Crippen LogP) is 12.4. The largest absolute Gasteiger partial charge is 0.456 e. The van der Waals surface area contributed by atoms with E-state index in [1.807, 2.05) is 30.3 Å². The normalized spacial score (nSPS) is 11.3. The fraction of sp³-hybridized carbons (Fsp3) is 0. The van der Waals surface area contributed by atoms with Gasteiger partial charge < -0.3 is 4.42 Å². The molecule has 0 amide bonds. The molecule has 49 heavy (non-hydrogen) atoms. The summed E-state index contributed by atoms with van der Waals surface area (Å²) in [7, 11) is 0. The van der Waals surface area contributed by atoms with Gasteiger partial charge in [0.25, 0.3) is 0 Å². The third kappa shape index (κ3) is 5.58. The molecule has 0 bridgehead atoms. The Labute approximate surface area is 284 Å². The van der Waals surface area contributed by atoms with Crippen molar-refractivity contribution in [2.45, 2.75) is 0 Å². The average molecular weight is 627 g/mol. The summed E-state index contributed by atoms with van der Waals surface area (Å²) in [5, 5.41) is 2.19. The Morgan fingerprint density at radius 2 is 0.673 bits per heavy atom. The van der Waals surface area contributed by atoms with Crippen molar-refractivity contribution >= 4 is 21.9 Å². The lowest BCUT2D eigenvalue weighted by molar-refractivity contribution is 0.669. The Hall–Kier alpha value is -6.58. The van der Waals surface area contributed by atoms with Crippen LogP contribution in [0.3, 0.4) is 0 Å². The zero-order valence-electron chi connectivity index (χ0n) is 26.6. The molecule has 0 aliphatic heterocycles. The van der Waals surface area contributed by atoms with Crippen LogP contribution >= 0.6 is 0 Å². The molecule has 3 heteroatoms. The quantitative estimate of drug-likeness (QED) is 0.184. The van der Waals surface area contributed by atoms with Gasteiger partial charge in [-0.1, -0.05) is 158 Å². The second kappa shape index (κ2) is 12.2. The lowest BCUT2D eigenvalue weighted by Gasteiger charge is -2.11. The Bertz CT molecular complexity index is 2550. The van der Waals surface area contributed by atoms with Crippen LogP contribution in [0.4, 0.5) is 0 Å². The van der Waals surface area contributed by atoms with Gasteiger partial charge in [-0.25, -0.2) is 9.97 Å². The summed E-state index contributed by atoms with van der Waals surface area (Å²) in [4.78, 5) is 10.2. The summed E-state index contributed by atoms with van der Waals surface area (Å²) in [6.45, 7) is 0. The number of hydrogen-bond acceptors (Lipinski definition) is 3. The van der Waals surface area contributed by atoms with E-state index in [2.05, 4.69) is 152 Å². The first kappa shape index (κ1) is 28.6. The fourth-order valence-electron chi connectivity index (χ4n) is 6.52. The van der Waals surface area contributed by atoms with Crippen LogP contribution in [-0.2, 0) is 0 Å². The Morgan fingerprint density at radius 3 is 1.18 bits per heavy atom. The summed E-state index contributed by atoms with van der Waals surface area (Å²) in [6, 6.07) is 63.4. The zero-order chi connectivity index (χ0) is 32.6. The molecule has 0 aliphatic carbocycles. The van der Waals surface area contributed by atoms with E-state index < -0.39 is 0 Å². The van der Waals surface area contributed by atoms with Gasteiger partial charge in [0.05, 0.1) is 11.4 Å². The number of benzene rings is 7. The molecule has 0 spiro atoms. The zero-order valence-corrected chi connectivity index (χ0v) is 26.6. The number of nitrogens with zero attached hydrogens (tertiary/aromatic N) is 2. The summed E-state index contributed by atoms with van der Waals surface area (Å²) in [5.74, 6) is 0.655. The second-order valence-electron chi connectivity index (χ2n) is 12.2. The summed E-state index contributed by atoms with van der Waals surface area (Å²) >= 11 is 0. The molecule has 9 aromatic rings. The Kier molecular flexibility index (Phi) is 7.14. The first-order valence-corrected chi connectivity index (χ1v) is 16.5. The molecule has 0 fully saturated rings. The molecule has 2 heterocycles. The van der Waals surface area contributed by atoms with Crippen molar-refractivity contribution in [3.05, 3.63) is 182 Å². The van der Waals surface area contributed by atoms with E-state index in [9.17, 15) is 0 Å². The van der Waals surface area contributed by atoms with Crippen LogP contribution in [0.2, 0.25) is 0 Å². The number of fused-ring (bicyclic) bond motifs is 3. The van der Waals surface area contributed by atoms with Crippen LogP contribution in [0, 0.1) is 0 Å². The van der Waals surface area contributed by atoms with Crippen molar-refractivity contribution in [1.82, 2.24) is 9.97 Å². The van der Waals surface area contributed by atoms with E-state index in [0.29, 0.717) is 5.82 Å². The predicted molar refractivity (Wildman–Crippen MR) is 202 cm³/mol. The van der Waals surface area contributed by atoms with Crippen molar-refractivity contribution in [3.8, 4) is 67.3 Å². The van der Waals surface area contributed by atoms with Crippen molar-refractivity contribution in [2.75, 3.05) is 0 Å². The molecule has 0 saturated heterocycles. The number of furan rings is 1. The standard InChI is InChI=1S/C46H30N2O/c1-3-9-31(10-4-1)33-15-17-35(18-16-33)36-21-25-38(26-22-36)43-30-42(37-23-19-34(20-24-37)32-11-5-2-6-12-32)47-46(48-43)39-27-28-41-40-13-7-8-14-44(40)49-45(41)29-39/h1-30H. The number of aromatic nitrogens is 2. The number of para-hydroxylation sites is 1. The minimum Gasteiger partial charge on any atom is -0.456 e. The molecule has 0 aliphatic rings. The molecular weight excluding hydrogens is 597 g/mol. The van der Waals surface area contributed by atoms with Gasteiger partial charge >= 0.3 is 0 Å². The Balaban J connectivity index is 1.10. The minimum atomic E-state index is 0.655. The van der Waals surface area contributed by atoms with Crippen LogP contribution in [0.25, 0.3) is 89.2 Å². The summed E-state index contributed by atoms with van der Waals surface area (Å²) < 4.78 is 6.23. The third-order valence-electron chi connectivity index (χ3n) is 9.16. The first-order chi connectivity index (χ1) is 24.2. The van der Waals surface area contributed by atoms with Gasteiger partial charge in [-0.05, 0) is 57.6 Å². The van der Waals surface area contributed by atoms with Gasteiger partial charge in [0, 0.05) is 27.5 Å². The van der Waals surface area contributed by atoms with Crippen LogP contribution in [-0.4, -0.2) is 9.97 Å². The van der Waals surface area contributed by atoms with Crippen LogP contribution in [0.1, 0.15) is 0 Å². The van der Waals surface area contributed by atoms with E-state index >= 15 is 0 Å². The molecule has 0 saturated carbocycles. The van der Waals surface area contributed by atoms with E-state index in [1.165, 1.54) is 27.8 Å². The fourth-order valence-corrected chi connectivity index (χ4v) is 6.52. The molecular formula is C46H30N2O. The maximum Gasteiger partial charge on any atom is 0.160 e. The molecule has 3 nitrogen and oxygen atoms in total. The molecule has 0 atom stereocenters.